The molecular weight excluding hydrogens is 232 g/mol. The van der Waals surface area contributed by atoms with Gasteiger partial charge in [0.2, 0.25) is 0 Å². The molecule has 0 spiro atoms. The number of aliphatic hydroxyl groups excluding tert-OH is 1. The van der Waals surface area contributed by atoms with Crippen molar-refractivity contribution in [2.75, 3.05) is 12.4 Å². The van der Waals surface area contributed by atoms with Gasteiger partial charge < -0.3 is 9.67 Å². The summed E-state index contributed by atoms with van der Waals surface area (Å²) in [4.78, 5) is 4.64. The van der Waals surface area contributed by atoms with Crippen molar-refractivity contribution in [3.8, 4) is 0 Å². The second kappa shape index (κ2) is 5.91. The van der Waals surface area contributed by atoms with Gasteiger partial charge in [-0.3, -0.25) is 0 Å². The van der Waals surface area contributed by atoms with Crippen LogP contribution in [0.2, 0.25) is 0 Å². The first-order valence-electron chi connectivity index (χ1n) is 6.53. The van der Waals surface area contributed by atoms with E-state index in [-0.39, 0.29) is 6.61 Å². The average molecular weight is 254 g/mol. The van der Waals surface area contributed by atoms with Crippen molar-refractivity contribution in [1.29, 1.82) is 0 Å². The first-order valence-corrected chi connectivity index (χ1v) is 7.51. The minimum absolute atomic E-state index is 0.223. The van der Waals surface area contributed by atoms with E-state index in [1.807, 2.05) is 0 Å². The lowest BCUT2D eigenvalue weighted by Gasteiger charge is -2.25. The maximum Gasteiger partial charge on any atom is 0.168 e. The van der Waals surface area contributed by atoms with Crippen LogP contribution in [0.1, 0.15) is 49.5 Å². The van der Waals surface area contributed by atoms with Crippen LogP contribution < -0.4 is 0 Å². The summed E-state index contributed by atoms with van der Waals surface area (Å²) in [7, 11) is 0. The Kier molecular flexibility index (Phi) is 4.51. The topological polar surface area (TPSA) is 38.1 Å². The summed E-state index contributed by atoms with van der Waals surface area (Å²) in [5, 5.41) is 10.0. The van der Waals surface area contributed by atoms with Gasteiger partial charge in [-0.05, 0) is 26.7 Å². The molecule has 0 amide bonds. The molecule has 17 heavy (non-hydrogen) atoms. The van der Waals surface area contributed by atoms with Crippen LogP contribution in [0.5, 0.6) is 0 Å². The summed E-state index contributed by atoms with van der Waals surface area (Å²) in [5.74, 6) is 0.739. The van der Waals surface area contributed by atoms with Gasteiger partial charge in [0.1, 0.15) is 0 Å². The molecule has 0 aliphatic heterocycles. The number of nitrogens with zero attached hydrogens (tertiary/aromatic N) is 2. The highest BCUT2D eigenvalue weighted by atomic mass is 32.2. The Morgan fingerprint density at radius 2 is 2.00 bits per heavy atom. The zero-order valence-electron chi connectivity index (χ0n) is 10.8. The van der Waals surface area contributed by atoms with Crippen molar-refractivity contribution in [1.82, 2.24) is 9.55 Å². The lowest BCUT2D eigenvalue weighted by molar-refractivity contribution is 0.320. The third-order valence-corrected chi connectivity index (χ3v) is 4.55. The molecular formula is C13H22N2OS. The molecule has 1 heterocycles. The number of rotatable bonds is 4. The SMILES string of the molecule is Cc1nc(SCCO)n(C2CCCCC2)c1C. The number of thioether (sulfide) groups is 1. The molecule has 0 atom stereocenters. The normalized spacial score (nSPS) is 17.6. The lowest BCUT2D eigenvalue weighted by atomic mass is 9.95. The number of imidazole rings is 1. The van der Waals surface area contributed by atoms with Crippen molar-refractivity contribution in [3.63, 3.8) is 0 Å². The first kappa shape index (κ1) is 13.0. The molecule has 3 nitrogen and oxygen atoms in total. The molecule has 2 rings (SSSR count). The predicted octanol–water partition coefficient (Wildman–Crippen LogP) is 3.09. The molecule has 1 aromatic rings. The first-order chi connectivity index (χ1) is 8.24. The largest absolute Gasteiger partial charge is 0.396 e. The van der Waals surface area contributed by atoms with Crippen LogP contribution >= 0.6 is 11.8 Å². The molecule has 1 N–H and O–H groups in total. The summed E-state index contributed by atoms with van der Waals surface area (Å²) < 4.78 is 2.41. The molecule has 1 saturated carbocycles. The van der Waals surface area contributed by atoms with Crippen molar-refractivity contribution >= 4 is 11.8 Å². The minimum atomic E-state index is 0.223. The minimum Gasteiger partial charge on any atom is -0.396 e. The zero-order chi connectivity index (χ0) is 12.3. The van der Waals surface area contributed by atoms with Crippen molar-refractivity contribution in [2.45, 2.75) is 57.1 Å². The molecule has 96 valence electrons. The highest BCUT2D eigenvalue weighted by Gasteiger charge is 2.21. The van der Waals surface area contributed by atoms with Crippen LogP contribution in [0.15, 0.2) is 5.16 Å². The maximum absolute atomic E-state index is 8.95. The molecule has 1 aromatic heterocycles. The maximum atomic E-state index is 8.95. The third-order valence-electron chi connectivity index (χ3n) is 3.62. The van der Waals surface area contributed by atoms with E-state index >= 15 is 0 Å². The van der Waals surface area contributed by atoms with Gasteiger partial charge in [0.05, 0.1) is 12.3 Å². The molecule has 0 aromatic carbocycles. The highest BCUT2D eigenvalue weighted by molar-refractivity contribution is 7.99. The Balaban J connectivity index is 2.22. The van der Waals surface area contributed by atoms with Gasteiger partial charge in [-0.15, -0.1) is 0 Å². The van der Waals surface area contributed by atoms with E-state index in [2.05, 4.69) is 23.4 Å². The molecule has 0 unspecified atom stereocenters. The molecule has 1 fully saturated rings. The summed E-state index contributed by atoms with van der Waals surface area (Å²) in [6.45, 7) is 4.47. The Labute approximate surface area is 108 Å². The van der Waals surface area contributed by atoms with E-state index in [4.69, 9.17) is 5.11 Å². The van der Waals surface area contributed by atoms with Gasteiger partial charge in [0.25, 0.3) is 0 Å². The van der Waals surface area contributed by atoms with Gasteiger partial charge in [-0.25, -0.2) is 4.98 Å². The number of hydrogen-bond donors (Lipinski definition) is 1. The van der Waals surface area contributed by atoms with Crippen LogP contribution in [-0.4, -0.2) is 27.0 Å². The molecule has 0 bridgehead atoms. The van der Waals surface area contributed by atoms with Gasteiger partial charge >= 0.3 is 0 Å². The number of aliphatic hydroxyl groups is 1. The smallest absolute Gasteiger partial charge is 0.168 e. The van der Waals surface area contributed by atoms with E-state index in [1.54, 1.807) is 11.8 Å². The van der Waals surface area contributed by atoms with Crippen LogP contribution in [0.3, 0.4) is 0 Å². The molecule has 4 heteroatoms. The third kappa shape index (κ3) is 2.86. The number of aromatic nitrogens is 2. The Bertz CT molecular complexity index is 370. The molecule has 0 saturated heterocycles. The summed E-state index contributed by atoms with van der Waals surface area (Å²) >= 11 is 1.68. The predicted molar refractivity (Wildman–Crippen MR) is 71.6 cm³/mol. The fraction of sp³-hybridized carbons (Fsp3) is 0.769. The fourth-order valence-electron chi connectivity index (χ4n) is 2.60. The van der Waals surface area contributed by atoms with Crippen molar-refractivity contribution < 1.29 is 5.11 Å². The van der Waals surface area contributed by atoms with Gasteiger partial charge in [0.15, 0.2) is 5.16 Å². The second-order valence-corrected chi connectivity index (χ2v) is 5.86. The van der Waals surface area contributed by atoms with E-state index < -0.39 is 0 Å². The van der Waals surface area contributed by atoms with Gasteiger partial charge in [-0.1, -0.05) is 31.0 Å². The molecule has 0 radical (unpaired) electrons. The van der Waals surface area contributed by atoms with Crippen LogP contribution in [0.25, 0.3) is 0 Å². The quantitative estimate of drug-likeness (QED) is 0.839. The number of hydrogen-bond acceptors (Lipinski definition) is 3. The van der Waals surface area contributed by atoms with Gasteiger partial charge in [0, 0.05) is 17.5 Å². The molecule has 1 aliphatic rings. The zero-order valence-corrected chi connectivity index (χ0v) is 11.6. The summed E-state index contributed by atoms with van der Waals surface area (Å²) in [5.41, 5.74) is 2.44. The highest BCUT2D eigenvalue weighted by Crippen LogP contribution is 2.33. The van der Waals surface area contributed by atoms with Gasteiger partial charge in [-0.2, -0.15) is 0 Å². The monoisotopic (exact) mass is 254 g/mol. The fourth-order valence-corrected chi connectivity index (χ4v) is 3.50. The Hall–Kier alpha value is -0.480. The standard InChI is InChI=1S/C13H22N2OS/c1-10-11(2)15(12-6-4-3-5-7-12)13(14-10)17-9-8-16/h12,16H,3-9H2,1-2H3. The van der Waals surface area contributed by atoms with E-state index in [0.29, 0.717) is 6.04 Å². The number of aryl methyl sites for hydroxylation is 1. The lowest BCUT2D eigenvalue weighted by Crippen LogP contribution is -2.15. The van der Waals surface area contributed by atoms with Crippen LogP contribution in [-0.2, 0) is 0 Å². The van der Waals surface area contributed by atoms with Crippen molar-refractivity contribution in [3.05, 3.63) is 11.4 Å². The Morgan fingerprint density at radius 1 is 1.29 bits per heavy atom. The summed E-state index contributed by atoms with van der Waals surface area (Å²) in [6.07, 6.45) is 6.62. The van der Waals surface area contributed by atoms with Crippen molar-refractivity contribution in [2.24, 2.45) is 0 Å². The molecule has 1 aliphatic carbocycles. The van der Waals surface area contributed by atoms with Crippen LogP contribution in [0, 0.1) is 13.8 Å². The Morgan fingerprint density at radius 3 is 2.65 bits per heavy atom. The summed E-state index contributed by atoms with van der Waals surface area (Å²) in [6, 6.07) is 0.631. The second-order valence-electron chi connectivity index (χ2n) is 4.80. The average Bonchev–Trinajstić information content (AvgIpc) is 2.64. The van der Waals surface area contributed by atoms with E-state index in [0.717, 1.165) is 16.6 Å². The van der Waals surface area contributed by atoms with E-state index in [1.165, 1.54) is 37.8 Å². The van der Waals surface area contributed by atoms with E-state index in [9.17, 15) is 0 Å². The van der Waals surface area contributed by atoms with Crippen LogP contribution in [0.4, 0.5) is 0 Å².